The Morgan fingerprint density at radius 1 is 1.31 bits per heavy atom. The van der Waals surface area contributed by atoms with Crippen LogP contribution in [0.25, 0.3) is 0 Å². The van der Waals surface area contributed by atoms with Crippen LogP contribution in [0.5, 0.6) is 0 Å². The first kappa shape index (κ1) is 13.7. The molecule has 5 heteroatoms. The Balaban J connectivity index is 2.65. The highest BCUT2D eigenvalue weighted by Gasteiger charge is 2.33. The van der Waals surface area contributed by atoms with E-state index in [1.165, 1.54) is 6.42 Å². The highest BCUT2D eigenvalue weighted by atomic mass is 31.2. The molecule has 16 heavy (non-hydrogen) atoms. The molecule has 0 bridgehead atoms. The lowest BCUT2D eigenvalue weighted by molar-refractivity contribution is 0.144. The standard InChI is InChI=1S/C11H21N2O2P/c1-3-13(4-2)16(14,10-12)15-11-8-6-5-7-9-11/h11H,3-9H2,1-2H3. The van der Waals surface area contributed by atoms with Gasteiger partial charge < -0.3 is 4.52 Å². The quantitative estimate of drug-likeness (QED) is 0.696. The molecule has 0 radical (unpaired) electrons. The van der Waals surface area contributed by atoms with Crippen LogP contribution in [0.3, 0.4) is 0 Å². The Morgan fingerprint density at radius 2 is 1.88 bits per heavy atom. The second-order valence-electron chi connectivity index (χ2n) is 4.12. The van der Waals surface area contributed by atoms with E-state index in [1.54, 1.807) is 4.67 Å². The Bertz CT molecular complexity index is 291. The molecule has 0 saturated heterocycles. The summed E-state index contributed by atoms with van der Waals surface area (Å²) in [6.07, 6.45) is 5.35. The van der Waals surface area contributed by atoms with Gasteiger partial charge in [0.1, 0.15) is 0 Å². The molecule has 1 saturated carbocycles. The second kappa shape index (κ2) is 6.39. The Morgan fingerprint density at radius 3 is 2.31 bits per heavy atom. The molecule has 0 heterocycles. The molecule has 0 spiro atoms. The van der Waals surface area contributed by atoms with Crippen LogP contribution in [0, 0.1) is 11.1 Å². The minimum atomic E-state index is -3.24. The van der Waals surface area contributed by atoms with E-state index in [2.05, 4.69) is 0 Å². The fourth-order valence-electron chi connectivity index (χ4n) is 2.12. The number of hydrogen-bond donors (Lipinski definition) is 0. The van der Waals surface area contributed by atoms with Gasteiger partial charge in [0.25, 0.3) is 0 Å². The molecule has 1 unspecified atom stereocenters. The predicted molar refractivity (Wildman–Crippen MR) is 64.1 cm³/mol. The zero-order chi connectivity index (χ0) is 12.0. The summed E-state index contributed by atoms with van der Waals surface area (Å²) in [7, 11) is -3.24. The summed E-state index contributed by atoms with van der Waals surface area (Å²) in [5, 5.41) is 9.07. The van der Waals surface area contributed by atoms with Crippen LogP contribution in [0.4, 0.5) is 0 Å². The minimum Gasteiger partial charge on any atom is -0.304 e. The van der Waals surface area contributed by atoms with Crippen LogP contribution in [0.1, 0.15) is 46.0 Å². The Kier molecular flexibility index (Phi) is 5.48. The molecule has 1 aliphatic rings. The third-order valence-corrected chi connectivity index (χ3v) is 5.22. The lowest BCUT2D eigenvalue weighted by Crippen LogP contribution is -2.24. The zero-order valence-electron chi connectivity index (χ0n) is 10.2. The molecule has 4 nitrogen and oxygen atoms in total. The summed E-state index contributed by atoms with van der Waals surface area (Å²) in [5.74, 6) is 1.89. The van der Waals surface area contributed by atoms with E-state index in [9.17, 15) is 4.57 Å². The summed E-state index contributed by atoms with van der Waals surface area (Å²) < 4.78 is 19.6. The van der Waals surface area contributed by atoms with Crippen molar-refractivity contribution in [1.82, 2.24) is 4.67 Å². The summed E-state index contributed by atoms with van der Waals surface area (Å²) in [4.78, 5) is 0. The topological polar surface area (TPSA) is 53.3 Å². The van der Waals surface area contributed by atoms with Gasteiger partial charge in [0.15, 0.2) is 5.81 Å². The molecule has 1 atom stereocenters. The van der Waals surface area contributed by atoms with Gasteiger partial charge >= 0.3 is 7.52 Å². The van der Waals surface area contributed by atoms with E-state index >= 15 is 0 Å². The van der Waals surface area contributed by atoms with Crippen LogP contribution in [-0.2, 0) is 9.09 Å². The fraction of sp³-hybridized carbons (Fsp3) is 0.909. The molecule has 0 amide bonds. The van der Waals surface area contributed by atoms with Crippen molar-refractivity contribution in [3.05, 3.63) is 0 Å². The van der Waals surface area contributed by atoms with E-state index in [0.717, 1.165) is 25.7 Å². The lowest BCUT2D eigenvalue weighted by Gasteiger charge is -2.29. The van der Waals surface area contributed by atoms with Crippen molar-refractivity contribution in [1.29, 1.82) is 5.26 Å². The smallest absolute Gasteiger partial charge is 0.304 e. The second-order valence-corrected chi connectivity index (χ2v) is 6.14. The molecular formula is C11H21N2O2P. The van der Waals surface area contributed by atoms with Crippen molar-refractivity contribution in [2.45, 2.75) is 52.1 Å². The van der Waals surface area contributed by atoms with E-state index in [1.807, 2.05) is 19.7 Å². The molecule has 0 N–H and O–H groups in total. The maximum absolute atomic E-state index is 12.4. The lowest BCUT2D eigenvalue weighted by atomic mass is 9.98. The molecule has 1 rings (SSSR count). The number of nitriles is 1. The van der Waals surface area contributed by atoms with Gasteiger partial charge in [-0.25, -0.2) is 4.67 Å². The summed E-state index contributed by atoms with van der Waals surface area (Å²) in [6, 6.07) is 0. The van der Waals surface area contributed by atoms with E-state index in [-0.39, 0.29) is 6.10 Å². The van der Waals surface area contributed by atoms with E-state index in [0.29, 0.717) is 13.1 Å². The first-order chi connectivity index (χ1) is 7.66. The molecular weight excluding hydrogens is 223 g/mol. The van der Waals surface area contributed by atoms with Gasteiger partial charge in [-0.1, -0.05) is 33.1 Å². The molecule has 92 valence electrons. The van der Waals surface area contributed by atoms with Gasteiger partial charge in [-0.15, -0.1) is 0 Å². The normalized spacial score (nSPS) is 21.6. The maximum Gasteiger partial charge on any atom is 0.371 e. The van der Waals surface area contributed by atoms with Gasteiger partial charge in [-0.3, -0.25) is 4.57 Å². The zero-order valence-corrected chi connectivity index (χ0v) is 11.1. The fourth-order valence-corrected chi connectivity index (χ4v) is 3.79. The van der Waals surface area contributed by atoms with Crippen molar-refractivity contribution in [3.8, 4) is 5.81 Å². The highest BCUT2D eigenvalue weighted by Crippen LogP contribution is 2.51. The molecule has 1 fully saturated rings. The molecule has 1 aliphatic carbocycles. The van der Waals surface area contributed by atoms with Crippen LogP contribution in [0.15, 0.2) is 0 Å². The first-order valence-corrected chi connectivity index (χ1v) is 7.69. The molecule has 0 aromatic rings. The largest absolute Gasteiger partial charge is 0.371 e. The molecule has 0 aliphatic heterocycles. The van der Waals surface area contributed by atoms with Crippen molar-refractivity contribution in [3.63, 3.8) is 0 Å². The molecule has 0 aromatic heterocycles. The van der Waals surface area contributed by atoms with Crippen molar-refractivity contribution in [2.24, 2.45) is 0 Å². The third-order valence-electron chi connectivity index (χ3n) is 3.07. The SMILES string of the molecule is CCN(CC)P(=O)(C#N)OC1CCCCC1. The average Bonchev–Trinajstić information content (AvgIpc) is 2.32. The Hall–Kier alpha value is -0.360. The average molecular weight is 244 g/mol. The van der Waals surface area contributed by atoms with E-state index in [4.69, 9.17) is 9.79 Å². The van der Waals surface area contributed by atoms with Gasteiger partial charge in [0.2, 0.25) is 0 Å². The summed E-state index contributed by atoms with van der Waals surface area (Å²) in [5.41, 5.74) is 0. The van der Waals surface area contributed by atoms with Gasteiger partial charge in [-0.05, 0) is 12.8 Å². The molecule has 0 aromatic carbocycles. The summed E-state index contributed by atoms with van der Waals surface area (Å²) in [6.45, 7) is 4.98. The summed E-state index contributed by atoms with van der Waals surface area (Å²) >= 11 is 0. The van der Waals surface area contributed by atoms with E-state index < -0.39 is 7.52 Å². The number of nitrogens with zero attached hydrogens (tertiary/aromatic N) is 2. The third kappa shape index (κ3) is 3.31. The van der Waals surface area contributed by atoms with Crippen LogP contribution in [-0.4, -0.2) is 23.9 Å². The Labute approximate surface area is 98.1 Å². The van der Waals surface area contributed by atoms with Crippen LogP contribution in [0.2, 0.25) is 0 Å². The number of rotatable bonds is 5. The number of hydrogen-bond acceptors (Lipinski definition) is 3. The predicted octanol–water partition coefficient (Wildman–Crippen LogP) is 3.35. The van der Waals surface area contributed by atoms with Crippen molar-refractivity contribution < 1.29 is 9.09 Å². The van der Waals surface area contributed by atoms with Crippen LogP contribution < -0.4 is 0 Å². The van der Waals surface area contributed by atoms with Crippen molar-refractivity contribution >= 4 is 7.52 Å². The van der Waals surface area contributed by atoms with Crippen molar-refractivity contribution in [2.75, 3.05) is 13.1 Å². The van der Waals surface area contributed by atoms with Gasteiger partial charge in [0, 0.05) is 13.1 Å². The highest BCUT2D eigenvalue weighted by molar-refractivity contribution is 7.61. The maximum atomic E-state index is 12.4. The first-order valence-electron chi connectivity index (χ1n) is 6.11. The van der Waals surface area contributed by atoms with Gasteiger partial charge in [0.05, 0.1) is 6.10 Å². The monoisotopic (exact) mass is 244 g/mol. The minimum absolute atomic E-state index is 0.0137. The van der Waals surface area contributed by atoms with Crippen LogP contribution >= 0.6 is 7.52 Å². The van der Waals surface area contributed by atoms with Gasteiger partial charge in [-0.2, -0.15) is 5.26 Å².